The standard InChI is InChI=1S/C32H35NO4S/c1-3-5-23(6-4-2)24-11-14-28(15-12-24)36-19-22-7-9-25(10-8-22)27-17-29(38-21-27)20-37-31-18-26(32(34)35)13-16-30(31)33/h7-18,21,23H,3-6,19-20,33H2,1-2H3,(H,34,35). The Morgan fingerprint density at radius 2 is 1.58 bits per heavy atom. The largest absolute Gasteiger partial charge is 0.489 e. The molecule has 0 aliphatic carbocycles. The zero-order valence-corrected chi connectivity index (χ0v) is 22.8. The van der Waals surface area contributed by atoms with Crippen LogP contribution in [0.25, 0.3) is 11.1 Å². The van der Waals surface area contributed by atoms with Gasteiger partial charge < -0.3 is 20.3 Å². The summed E-state index contributed by atoms with van der Waals surface area (Å²) < 4.78 is 11.8. The molecular weight excluding hydrogens is 494 g/mol. The van der Waals surface area contributed by atoms with Gasteiger partial charge in [-0.25, -0.2) is 4.79 Å². The number of thiophene rings is 1. The second-order valence-electron chi connectivity index (χ2n) is 9.48. The lowest BCUT2D eigenvalue weighted by atomic mass is 9.90. The quantitative estimate of drug-likeness (QED) is 0.170. The summed E-state index contributed by atoms with van der Waals surface area (Å²) in [5.74, 6) is 0.891. The minimum Gasteiger partial charge on any atom is -0.489 e. The van der Waals surface area contributed by atoms with E-state index in [1.807, 2.05) is 0 Å². The van der Waals surface area contributed by atoms with Gasteiger partial charge in [0.1, 0.15) is 24.7 Å². The van der Waals surface area contributed by atoms with Crippen molar-refractivity contribution < 1.29 is 19.4 Å². The van der Waals surface area contributed by atoms with E-state index >= 15 is 0 Å². The van der Waals surface area contributed by atoms with Crippen molar-refractivity contribution >= 4 is 23.0 Å². The number of rotatable bonds is 13. The smallest absolute Gasteiger partial charge is 0.335 e. The van der Waals surface area contributed by atoms with Gasteiger partial charge in [-0.05, 0) is 82.8 Å². The van der Waals surface area contributed by atoms with Crippen molar-refractivity contribution in [1.82, 2.24) is 0 Å². The van der Waals surface area contributed by atoms with Crippen molar-refractivity contribution in [3.05, 3.63) is 99.7 Å². The predicted molar refractivity (Wildman–Crippen MR) is 155 cm³/mol. The van der Waals surface area contributed by atoms with Crippen molar-refractivity contribution in [2.24, 2.45) is 0 Å². The number of anilines is 1. The Balaban J connectivity index is 1.31. The zero-order chi connectivity index (χ0) is 26.9. The molecule has 0 spiro atoms. The van der Waals surface area contributed by atoms with Gasteiger partial charge in [0.2, 0.25) is 0 Å². The molecule has 0 aliphatic heterocycles. The molecule has 0 radical (unpaired) electrons. The summed E-state index contributed by atoms with van der Waals surface area (Å²) in [6.07, 6.45) is 4.87. The molecule has 5 nitrogen and oxygen atoms in total. The third-order valence-electron chi connectivity index (χ3n) is 6.60. The van der Waals surface area contributed by atoms with Crippen LogP contribution in [0.15, 0.2) is 78.2 Å². The fourth-order valence-corrected chi connectivity index (χ4v) is 5.32. The van der Waals surface area contributed by atoms with E-state index in [1.165, 1.54) is 43.4 Å². The van der Waals surface area contributed by atoms with Crippen molar-refractivity contribution in [2.75, 3.05) is 5.73 Å². The maximum absolute atomic E-state index is 11.2. The monoisotopic (exact) mass is 529 g/mol. The molecule has 38 heavy (non-hydrogen) atoms. The SMILES string of the molecule is CCCC(CCC)c1ccc(OCc2ccc(-c3csc(COc4cc(C(=O)O)ccc4N)c3)cc2)cc1. The fraction of sp³-hybridized carbons (Fsp3) is 0.281. The van der Waals surface area contributed by atoms with Gasteiger partial charge in [-0.3, -0.25) is 0 Å². The van der Waals surface area contributed by atoms with Crippen LogP contribution < -0.4 is 15.2 Å². The summed E-state index contributed by atoms with van der Waals surface area (Å²) >= 11 is 1.59. The first kappa shape index (κ1) is 27.3. The summed E-state index contributed by atoms with van der Waals surface area (Å²) in [4.78, 5) is 12.2. The van der Waals surface area contributed by atoms with Gasteiger partial charge in [-0.1, -0.05) is 63.1 Å². The Bertz CT molecular complexity index is 1320. The lowest BCUT2D eigenvalue weighted by Gasteiger charge is -2.16. The van der Waals surface area contributed by atoms with Crippen LogP contribution in [0.4, 0.5) is 5.69 Å². The van der Waals surface area contributed by atoms with E-state index in [1.54, 1.807) is 17.4 Å². The van der Waals surface area contributed by atoms with E-state index in [0.29, 0.717) is 30.6 Å². The fourth-order valence-electron chi connectivity index (χ4n) is 4.52. The van der Waals surface area contributed by atoms with Gasteiger partial charge in [0.15, 0.2) is 0 Å². The highest BCUT2D eigenvalue weighted by Crippen LogP contribution is 2.30. The number of aromatic carboxylic acids is 1. The molecule has 1 aromatic heterocycles. The molecular formula is C32H35NO4S. The molecule has 0 bridgehead atoms. The maximum atomic E-state index is 11.2. The van der Waals surface area contributed by atoms with Crippen molar-refractivity contribution in [1.29, 1.82) is 0 Å². The minimum atomic E-state index is -1.01. The van der Waals surface area contributed by atoms with E-state index < -0.39 is 5.97 Å². The highest BCUT2D eigenvalue weighted by molar-refractivity contribution is 7.10. The lowest BCUT2D eigenvalue weighted by Crippen LogP contribution is -2.01. The molecule has 0 fully saturated rings. The van der Waals surface area contributed by atoms with Crippen LogP contribution >= 0.6 is 11.3 Å². The van der Waals surface area contributed by atoms with Crippen LogP contribution in [0.2, 0.25) is 0 Å². The molecule has 0 atom stereocenters. The molecule has 0 saturated carbocycles. The van der Waals surface area contributed by atoms with Gasteiger partial charge >= 0.3 is 5.97 Å². The Kier molecular flexibility index (Phi) is 9.44. The van der Waals surface area contributed by atoms with Gasteiger partial charge in [-0.15, -0.1) is 11.3 Å². The number of carbonyl (C=O) groups is 1. The molecule has 0 amide bonds. The summed E-state index contributed by atoms with van der Waals surface area (Å²) in [5, 5.41) is 11.3. The number of ether oxygens (including phenoxy) is 2. The Hall–Kier alpha value is -3.77. The summed E-state index contributed by atoms with van der Waals surface area (Å²) in [6, 6.07) is 23.5. The van der Waals surface area contributed by atoms with Crippen LogP contribution in [-0.4, -0.2) is 11.1 Å². The average Bonchev–Trinajstić information content (AvgIpc) is 3.41. The Labute approximate surface area is 228 Å². The average molecular weight is 530 g/mol. The lowest BCUT2D eigenvalue weighted by molar-refractivity contribution is 0.0696. The van der Waals surface area contributed by atoms with Gasteiger partial charge in [0, 0.05) is 4.88 Å². The summed E-state index contributed by atoms with van der Waals surface area (Å²) in [6.45, 7) is 5.34. The molecule has 3 N–H and O–H groups in total. The van der Waals surface area contributed by atoms with Crippen molar-refractivity contribution in [2.45, 2.75) is 58.7 Å². The number of hydrogen-bond donors (Lipinski definition) is 2. The topological polar surface area (TPSA) is 81.8 Å². The van der Waals surface area contributed by atoms with Crippen molar-refractivity contribution in [3.8, 4) is 22.6 Å². The molecule has 0 unspecified atom stereocenters. The first-order chi connectivity index (χ1) is 18.5. The molecule has 1 heterocycles. The highest BCUT2D eigenvalue weighted by Gasteiger charge is 2.11. The Morgan fingerprint density at radius 3 is 2.24 bits per heavy atom. The van der Waals surface area contributed by atoms with E-state index in [0.717, 1.165) is 27.3 Å². The molecule has 3 aromatic carbocycles. The number of hydrogen-bond acceptors (Lipinski definition) is 5. The second kappa shape index (κ2) is 13.2. The highest BCUT2D eigenvalue weighted by atomic mass is 32.1. The number of carboxylic acids is 1. The molecule has 0 aliphatic rings. The van der Waals surface area contributed by atoms with E-state index in [-0.39, 0.29) is 5.56 Å². The van der Waals surface area contributed by atoms with Crippen LogP contribution in [0.5, 0.6) is 11.5 Å². The minimum absolute atomic E-state index is 0.148. The first-order valence-corrected chi connectivity index (χ1v) is 14.0. The number of nitrogens with two attached hydrogens (primary N) is 1. The first-order valence-electron chi connectivity index (χ1n) is 13.1. The normalized spacial score (nSPS) is 11.0. The van der Waals surface area contributed by atoms with Crippen LogP contribution in [0.1, 0.15) is 71.8 Å². The molecule has 4 rings (SSSR count). The van der Waals surface area contributed by atoms with E-state index in [9.17, 15) is 9.90 Å². The van der Waals surface area contributed by atoms with Crippen LogP contribution in [0.3, 0.4) is 0 Å². The second-order valence-corrected chi connectivity index (χ2v) is 10.5. The third kappa shape index (κ3) is 7.17. The number of benzene rings is 3. The van der Waals surface area contributed by atoms with Gasteiger partial charge in [0.25, 0.3) is 0 Å². The third-order valence-corrected chi connectivity index (χ3v) is 7.51. The van der Waals surface area contributed by atoms with Gasteiger partial charge in [-0.2, -0.15) is 0 Å². The predicted octanol–water partition coefficient (Wildman–Crippen LogP) is 8.54. The maximum Gasteiger partial charge on any atom is 0.335 e. The molecule has 6 heteroatoms. The van der Waals surface area contributed by atoms with Crippen molar-refractivity contribution in [3.63, 3.8) is 0 Å². The molecule has 198 valence electrons. The van der Waals surface area contributed by atoms with E-state index in [2.05, 4.69) is 73.8 Å². The molecule has 4 aromatic rings. The van der Waals surface area contributed by atoms with Crippen LogP contribution in [-0.2, 0) is 13.2 Å². The Morgan fingerprint density at radius 1 is 0.868 bits per heavy atom. The van der Waals surface area contributed by atoms with E-state index in [4.69, 9.17) is 15.2 Å². The van der Waals surface area contributed by atoms with Gasteiger partial charge in [0.05, 0.1) is 11.3 Å². The zero-order valence-electron chi connectivity index (χ0n) is 22.0. The molecule has 0 saturated heterocycles. The van der Waals surface area contributed by atoms with Crippen LogP contribution in [0, 0.1) is 0 Å². The summed E-state index contributed by atoms with van der Waals surface area (Å²) in [5.41, 5.74) is 11.2. The summed E-state index contributed by atoms with van der Waals surface area (Å²) in [7, 11) is 0. The number of nitrogen functional groups attached to an aromatic ring is 1. The number of carboxylic acid groups (broad SMARTS) is 1.